The summed E-state index contributed by atoms with van der Waals surface area (Å²) in [5, 5.41) is 52.6. The molecule has 0 aromatic rings. The van der Waals surface area contributed by atoms with Crippen molar-refractivity contribution >= 4 is 0 Å². The summed E-state index contributed by atoms with van der Waals surface area (Å²) in [4.78, 5) is 0. The van der Waals surface area contributed by atoms with Crippen LogP contribution in [0.25, 0.3) is 0 Å². The van der Waals surface area contributed by atoms with Gasteiger partial charge in [-0.25, -0.2) is 0 Å². The minimum absolute atomic E-state index is 0.811. The highest BCUT2D eigenvalue weighted by atomic mass is 16.4. The molecule has 2 atom stereocenters. The van der Waals surface area contributed by atoms with E-state index in [1.54, 1.807) is 0 Å². The van der Waals surface area contributed by atoms with Crippen molar-refractivity contribution in [3.8, 4) is 0 Å². The molecule has 0 aliphatic rings. The highest BCUT2D eigenvalue weighted by Gasteiger charge is 2.41. The molecule has 0 spiro atoms. The van der Waals surface area contributed by atoms with Gasteiger partial charge in [0.25, 0.3) is 0 Å². The van der Waals surface area contributed by atoms with Crippen LogP contribution in [0.1, 0.15) is 0 Å². The first-order valence-electron chi connectivity index (χ1n) is 3.44. The van der Waals surface area contributed by atoms with E-state index < -0.39 is 37.6 Å². The van der Waals surface area contributed by atoms with Gasteiger partial charge >= 0.3 is 0 Å². The van der Waals surface area contributed by atoms with Crippen LogP contribution >= 0.6 is 0 Å². The SMILES string of the molecule is OCC(O)C(O)(CO)C(O)CO. The van der Waals surface area contributed by atoms with Crippen molar-refractivity contribution in [3.63, 3.8) is 0 Å². The smallest absolute Gasteiger partial charge is 0.144 e. The Morgan fingerprint density at radius 1 is 0.917 bits per heavy atom. The van der Waals surface area contributed by atoms with Crippen LogP contribution in [-0.4, -0.2) is 68.3 Å². The lowest BCUT2D eigenvalue weighted by molar-refractivity contribution is -0.185. The van der Waals surface area contributed by atoms with Crippen LogP contribution in [0.5, 0.6) is 0 Å². The van der Waals surface area contributed by atoms with Crippen molar-refractivity contribution in [1.29, 1.82) is 0 Å². The molecule has 0 aromatic carbocycles. The van der Waals surface area contributed by atoms with Crippen LogP contribution in [0.3, 0.4) is 0 Å². The first-order valence-corrected chi connectivity index (χ1v) is 3.44. The highest BCUT2D eigenvalue weighted by molar-refractivity contribution is 4.92. The van der Waals surface area contributed by atoms with Crippen LogP contribution in [-0.2, 0) is 0 Å². The predicted molar refractivity (Wildman–Crippen MR) is 38.2 cm³/mol. The second-order valence-electron chi connectivity index (χ2n) is 2.55. The molecule has 0 bridgehead atoms. The Labute approximate surface area is 69.3 Å². The van der Waals surface area contributed by atoms with Crippen LogP contribution in [0, 0.1) is 0 Å². The Hall–Kier alpha value is -0.240. The van der Waals surface area contributed by atoms with E-state index in [1.807, 2.05) is 0 Å². The van der Waals surface area contributed by atoms with Gasteiger partial charge in [0.1, 0.15) is 17.8 Å². The van der Waals surface area contributed by atoms with Gasteiger partial charge in [-0.3, -0.25) is 0 Å². The monoisotopic (exact) mass is 182 g/mol. The van der Waals surface area contributed by atoms with Gasteiger partial charge in [-0.15, -0.1) is 0 Å². The first kappa shape index (κ1) is 11.8. The summed E-state index contributed by atoms with van der Waals surface area (Å²) in [7, 11) is 0. The van der Waals surface area contributed by atoms with Gasteiger partial charge in [-0.2, -0.15) is 0 Å². The van der Waals surface area contributed by atoms with Crippen LogP contribution < -0.4 is 0 Å². The zero-order valence-electron chi connectivity index (χ0n) is 6.46. The molecule has 0 aliphatic heterocycles. The predicted octanol–water partition coefficient (Wildman–Crippen LogP) is -3.58. The molecule has 2 unspecified atom stereocenters. The van der Waals surface area contributed by atoms with E-state index in [-0.39, 0.29) is 0 Å². The quantitative estimate of drug-likeness (QED) is 0.261. The van der Waals surface area contributed by atoms with Crippen molar-refractivity contribution in [1.82, 2.24) is 0 Å². The van der Waals surface area contributed by atoms with E-state index in [2.05, 4.69) is 0 Å². The lowest BCUT2D eigenvalue weighted by Gasteiger charge is -2.33. The third-order valence-corrected chi connectivity index (χ3v) is 1.75. The van der Waals surface area contributed by atoms with E-state index in [0.717, 1.165) is 0 Å². The van der Waals surface area contributed by atoms with Gasteiger partial charge in [0, 0.05) is 0 Å². The molecule has 0 saturated carbocycles. The highest BCUT2D eigenvalue weighted by Crippen LogP contribution is 2.14. The van der Waals surface area contributed by atoms with Crippen LogP contribution in [0.2, 0.25) is 0 Å². The van der Waals surface area contributed by atoms with Crippen LogP contribution in [0.4, 0.5) is 0 Å². The zero-order chi connectivity index (χ0) is 9.78. The van der Waals surface area contributed by atoms with Crippen molar-refractivity contribution in [2.45, 2.75) is 17.8 Å². The first-order chi connectivity index (χ1) is 5.52. The topological polar surface area (TPSA) is 121 Å². The van der Waals surface area contributed by atoms with E-state index in [0.29, 0.717) is 0 Å². The van der Waals surface area contributed by atoms with Gasteiger partial charge in [0.15, 0.2) is 0 Å². The molecule has 0 saturated heterocycles. The molecule has 12 heavy (non-hydrogen) atoms. The minimum Gasteiger partial charge on any atom is -0.394 e. The summed E-state index contributed by atoms with van der Waals surface area (Å²) < 4.78 is 0. The Morgan fingerprint density at radius 2 is 1.25 bits per heavy atom. The Morgan fingerprint density at radius 3 is 1.42 bits per heavy atom. The number of hydrogen-bond acceptors (Lipinski definition) is 6. The molecule has 0 aliphatic carbocycles. The maximum Gasteiger partial charge on any atom is 0.144 e. The fourth-order valence-electron chi connectivity index (χ4n) is 0.749. The zero-order valence-corrected chi connectivity index (χ0v) is 6.46. The molecule has 6 nitrogen and oxygen atoms in total. The average molecular weight is 182 g/mol. The molecule has 74 valence electrons. The minimum atomic E-state index is -2.27. The fraction of sp³-hybridized carbons (Fsp3) is 1.00. The van der Waals surface area contributed by atoms with Gasteiger partial charge in [-0.1, -0.05) is 0 Å². The summed E-state index contributed by atoms with van der Waals surface area (Å²) in [6.07, 6.45) is -3.38. The summed E-state index contributed by atoms with van der Waals surface area (Å²) in [5.74, 6) is 0. The largest absolute Gasteiger partial charge is 0.394 e. The lowest BCUT2D eigenvalue weighted by atomic mass is 9.92. The average Bonchev–Trinajstić information content (AvgIpc) is 2.13. The number of aliphatic hydroxyl groups is 6. The maximum atomic E-state index is 9.29. The molecular weight excluding hydrogens is 168 g/mol. The Balaban J connectivity index is 4.42. The van der Waals surface area contributed by atoms with E-state index in [4.69, 9.17) is 25.5 Å². The van der Waals surface area contributed by atoms with Crippen LogP contribution in [0.15, 0.2) is 0 Å². The second kappa shape index (κ2) is 4.70. The standard InChI is InChI=1S/C6H14O6/c7-1-4(10)6(12,3-9)5(11)2-8/h4-5,7-12H,1-3H2. The lowest BCUT2D eigenvalue weighted by Crippen LogP contribution is -2.57. The van der Waals surface area contributed by atoms with Crippen molar-refractivity contribution in [2.24, 2.45) is 0 Å². The Bertz CT molecular complexity index is 117. The molecule has 6 heteroatoms. The van der Waals surface area contributed by atoms with Crippen molar-refractivity contribution < 1.29 is 30.6 Å². The number of hydrogen-bond donors (Lipinski definition) is 6. The van der Waals surface area contributed by atoms with Gasteiger partial charge in [-0.05, 0) is 0 Å². The molecule has 0 fully saturated rings. The third-order valence-electron chi connectivity index (χ3n) is 1.75. The van der Waals surface area contributed by atoms with Gasteiger partial charge in [0.2, 0.25) is 0 Å². The molecule has 6 N–H and O–H groups in total. The van der Waals surface area contributed by atoms with Gasteiger partial charge < -0.3 is 30.6 Å². The van der Waals surface area contributed by atoms with Crippen molar-refractivity contribution in [3.05, 3.63) is 0 Å². The normalized spacial score (nSPS) is 21.5. The third kappa shape index (κ3) is 2.13. The molecule has 0 amide bonds. The number of aliphatic hydroxyl groups excluding tert-OH is 5. The molecular formula is C6H14O6. The van der Waals surface area contributed by atoms with E-state index >= 15 is 0 Å². The molecule has 0 aromatic heterocycles. The molecule has 0 radical (unpaired) electrons. The summed E-state index contributed by atoms with van der Waals surface area (Å²) in [6.45, 7) is -2.57. The van der Waals surface area contributed by atoms with Crippen molar-refractivity contribution in [2.75, 3.05) is 19.8 Å². The number of rotatable bonds is 5. The maximum absolute atomic E-state index is 9.29. The molecule has 0 heterocycles. The summed E-state index contributed by atoms with van der Waals surface area (Å²) in [6, 6.07) is 0. The summed E-state index contributed by atoms with van der Waals surface area (Å²) in [5.41, 5.74) is -2.27. The Kier molecular flexibility index (Phi) is 4.61. The van der Waals surface area contributed by atoms with E-state index in [1.165, 1.54) is 0 Å². The van der Waals surface area contributed by atoms with Gasteiger partial charge in [0.05, 0.1) is 19.8 Å². The fourth-order valence-corrected chi connectivity index (χ4v) is 0.749. The molecule has 0 rings (SSSR count). The second-order valence-corrected chi connectivity index (χ2v) is 2.55. The summed E-state index contributed by atoms with van der Waals surface area (Å²) >= 11 is 0. The van der Waals surface area contributed by atoms with E-state index in [9.17, 15) is 5.11 Å².